The van der Waals surface area contributed by atoms with Gasteiger partial charge in [0.05, 0.1) is 11.0 Å². The van der Waals surface area contributed by atoms with Crippen LogP contribution in [0.5, 0.6) is 0 Å². The van der Waals surface area contributed by atoms with Crippen molar-refractivity contribution < 1.29 is 19.1 Å². The number of aliphatic imine (C=N–C) groups is 1. The van der Waals surface area contributed by atoms with Crippen molar-refractivity contribution in [3.05, 3.63) is 82.9 Å². The summed E-state index contributed by atoms with van der Waals surface area (Å²) < 4.78 is 16.1. The van der Waals surface area contributed by atoms with Crippen LogP contribution in [0.15, 0.2) is 59.7 Å². The molecule has 0 unspecified atom stereocenters. The second-order valence-electron chi connectivity index (χ2n) is 7.74. The van der Waals surface area contributed by atoms with E-state index in [4.69, 9.17) is 0 Å². The summed E-state index contributed by atoms with van der Waals surface area (Å²) >= 11 is 0. The molecule has 5 rings (SSSR count). The zero-order valence-corrected chi connectivity index (χ0v) is 17.2. The van der Waals surface area contributed by atoms with Crippen LogP contribution < -0.4 is 0 Å². The summed E-state index contributed by atoms with van der Waals surface area (Å²) in [6.45, 7) is 1.77. The normalized spacial score (nSPS) is 13.7. The highest BCUT2D eigenvalue weighted by Crippen LogP contribution is 2.36. The summed E-state index contributed by atoms with van der Waals surface area (Å²) in [7, 11) is 0. The summed E-state index contributed by atoms with van der Waals surface area (Å²) in [5.41, 5.74) is 2.77. The lowest BCUT2D eigenvalue weighted by Gasteiger charge is -2.11. The van der Waals surface area contributed by atoms with Gasteiger partial charge in [-0.25, -0.2) is 14.2 Å². The van der Waals surface area contributed by atoms with Crippen LogP contribution in [0, 0.1) is 12.7 Å². The molecule has 3 heterocycles. The fourth-order valence-electron chi connectivity index (χ4n) is 4.19. The number of hydrogen-bond donors (Lipinski definition) is 1. The van der Waals surface area contributed by atoms with Crippen LogP contribution in [0.2, 0.25) is 0 Å². The Hall–Kier alpha value is -4.13. The molecule has 0 fully saturated rings. The number of nitrogens with zero attached hydrogens (tertiary/aromatic N) is 3. The molecule has 2 aromatic carbocycles. The van der Waals surface area contributed by atoms with Gasteiger partial charge in [-0.3, -0.25) is 9.78 Å². The van der Waals surface area contributed by atoms with Crippen molar-refractivity contribution in [3.8, 4) is 0 Å². The molecule has 7 heteroatoms. The smallest absolute Gasteiger partial charge is 0.353 e. The van der Waals surface area contributed by atoms with Crippen LogP contribution in [0.1, 0.15) is 33.6 Å². The summed E-state index contributed by atoms with van der Waals surface area (Å²) in [5, 5.41) is 11.6. The number of para-hydroxylation sites is 1. The molecule has 2 aromatic heterocycles. The topological polar surface area (TPSA) is 84.5 Å². The summed E-state index contributed by atoms with van der Waals surface area (Å²) in [5.74, 6) is -2.16. The Morgan fingerprint density at radius 2 is 2.03 bits per heavy atom. The highest BCUT2D eigenvalue weighted by Gasteiger charge is 2.29. The number of benzene rings is 2. The number of fused-ring (bicyclic) bond motifs is 2. The minimum absolute atomic E-state index is 0.0742. The van der Waals surface area contributed by atoms with Crippen molar-refractivity contribution in [2.75, 3.05) is 0 Å². The average Bonchev–Trinajstić information content (AvgIpc) is 3.07. The SMILES string of the molecule is Cc1cc2c(C3=CCC=NC3=O)c(C(=O)O)n(Cc3cnc4ccccc4c3)c2cc1F. The van der Waals surface area contributed by atoms with Crippen LogP contribution in [0.4, 0.5) is 4.39 Å². The Labute approximate surface area is 182 Å². The van der Waals surface area contributed by atoms with E-state index in [0.717, 1.165) is 16.5 Å². The fraction of sp³-hybridized carbons (Fsp3) is 0.120. The van der Waals surface area contributed by atoms with Gasteiger partial charge in [-0.05, 0) is 42.3 Å². The molecule has 6 nitrogen and oxygen atoms in total. The van der Waals surface area contributed by atoms with Gasteiger partial charge in [-0.15, -0.1) is 0 Å². The maximum Gasteiger partial charge on any atom is 0.353 e. The van der Waals surface area contributed by atoms with E-state index in [1.54, 1.807) is 25.3 Å². The van der Waals surface area contributed by atoms with Gasteiger partial charge in [-0.1, -0.05) is 24.3 Å². The zero-order chi connectivity index (χ0) is 22.4. The largest absolute Gasteiger partial charge is 0.477 e. The molecule has 1 amide bonds. The molecule has 1 aliphatic heterocycles. The Morgan fingerprint density at radius 3 is 2.81 bits per heavy atom. The van der Waals surface area contributed by atoms with Crippen LogP contribution in [0.25, 0.3) is 27.4 Å². The second-order valence-corrected chi connectivity index (χ2v) is 7.74. The van der Waals surface area contributed by atoms with E-state index in [1.165, 1.54) is 16.8 Å². The van der Waals surface area contributed by atoms with Crippen molar-refractivity contribution in [3.63, 3.8) is 0 Å². The second kappa shape index (κ2) is 7.53. The lowest BCUT2D eigenvalue weighted by molar-refractivity contribution is -0.112. The number of aromatic carboxylic acids is 1. The van der Waals surface area contributed by atoms with Crippen LogP contribution in [-0.2, 0) is 11.3 Å². The van der Waals surface area contributed by atoms with E-state index in [-0.39, 0.29) is 23.4 Å². The standard InChI is InChI=1S/C25H18FN3O3/c1-14-9-18-21(11-19(14)26)29(13-15-10-16-5-2-3-7-20(16)28-12-15)23(25(31)32)22(18)17-6-4-8-27-24(17)30/h2-3,5-12H,4,13H2,1H3,(H,31,32). The summed E-state index contributed by atoms with van der Waals surface area (Å²) in [6, 6.07) is 12.5. The molecular weight excluding hydrogens is 409 g/mol. The number of pyridine rings is 1. The Balaban J connectivity index is 1.78. The first-order valence-electron chi connectivity index (χ1n) is 10.1. The van der Waals surface area contributed by atoms with E-state index in [2.05, 4.69) is 9.98 Å². The minimum Gasteiger partial charge on any atom is -0.477 e. The maximum absolute atomic E-state index is 14.6. The molecule has 0 aliphatic carbocycles. The molecule has 0 bridgehead atoms. The Bertz CT molecular complexity index is 1500. The van der Waals surface area contributed by atoms with Gasteiger partial charge in [0.1, 0.15) is 11.5 Å². The minimum atomic E-state index is -1.20. The lowest BCUT2D eigenvalue weighted by atomic mass is 9.98. The van der Waals surface area contributed by atoms with Gasteiger partial charge < -0.3 is 9.67 Å². The number of hydrogen-bond acceptors (Lipinski definition) is 3. The third kappa shape index (κ3) is 3.19. The first-order chi connectivity index (χ1) is 15.4. The number of aromatic nitrogens is 2. The average molecular weight is 427 g/mol. The van der Waals surface area contributed by atoms with Crippen molar-refractivity contribution in [2.45, 2.75) is 19.9 Å². The third-order valence-electron chi connectivity index (χ3n) is 5.67. The lowest BCUT2D eigenvalue weighted by Crippen LogP contribution is -2.13. The van der Waals surface area contributed by atoms with Crippen LogP contribution in [-0.4, -0.2) is 32.7 Å². The third-order valence-corrected chi connectivity index (χ3v) is 5.67. The number of aryl methyl sites for hydroxylation is 1. The first-order valence-corrected chi connectivity index (χ1v) is 10.1. The molecule has 0 atom stereocenters. The number of allylic oxidation sites excluding steroid dienone is 1. The Kier molecular flexibility index (Phi) is 4.66. The number of carboxylic acids is 1. The number of carboxylic acid groups (broad SMARTS) is 1. The molecule has 0 radical (unpaired) electrons. The quantitative estimate of drug-likeness (QED) is 0.509. The van der Waals surface area contributed by atoms with Crippen molar-refractivity contribution in [1.82, 2.24) is 9.55 Å². The predicted molar refractivity (Wildman–Crippen MR) is 121 cm³/mol. The van der Waals surface area contributed by atoms with Gasteiger partial charge in [0.15, 0.2) is 0 Å². The molecule has 0 saturated heterocycles. The monoisotopic (exact) mass is 427 g/mol. The number of halogens is 1. The molecule has 0 spiro atoms. The first kappa shape index (κ1) is 19.8. The van der Waals surface area contributed by atoms with Gasteiger partial charge in [0.25, 0.3) is 5.91 Å². The van der Waals surface area contributed by atoms with E-state index in [1.807, 2.05) is 30.3 Å². The highest BCUT2D eigenvalue weighted by molar-refractivity contribution is 6.28. The van der Waals surface area contributed by atoms with Crippen LogP contribution >= 0.6 is 0 Å². The number of dihydropyridines is 1. The molecular formula is C25H18FN3O3. The summed E-state index contributed by atoms with van der Waals surface area (Å²) in [6.07, 6.45) is 5.25. The van der Waals surface area contributed by atoms with Gasteiger partial charge in [0, 0.05) is 47.3 Å². The number of carbonyl (C=O) groups is 2. The number of amides is 1. The molecule has 4 aromatic rings. The molecule has 32 heavy (non-hydrogen) atoms. The van der Waals surface area contributed by atoms with Crippen LogP contribution in [0.3, 0.4) is 0 Å². The van der Waals surface area contributed by atoms with E-state index in [0.29, 0.717) is 22.9 Å². The summed E-state index contributed by atoms with van der Waals surface area (Å²) in [4.78, 5) is 33.3. The van der Waals surface area contributed by atoms with Gasteiger partial charge in [-0.2, -0.15) is 0 Å². The molecule has 1 N–H and O–H groups in total. The number of carbonyl (C=O) groups excluding carboxylic acids is 1. The van der Waals surface area contributed by atoms with E-state index >= 15 is 0 Å². The van der Waals surface area contributed by atoms with Gasteiger partial charge in [0.2, 0.25) is 0 Å². The van der Waals surface area contributed by atoms with E-state index < -0.39 is 17.7 Å². The maximum atomic E-state index is 14.6. The molecule has 1 aliphatic rings. The van der Waals surface area contributed by atoms with E-state index in [9.17, 15) is 19.1 Å². The van der Waals surface area contributed by atoms with Crippen molar-refractivity contribution in [1.29, 1.82) is 0 Å². The number of rotatable bonds is 4. The highest BCUT2D eigenvalue weighted by atomic mass is 19.1. The Morgan fingerprint density at radius 1 is 1.22 bits per heavy atom. The van der Waals surface area contributed by atoms with Gasteiger partial charge >= 0.3 is 5.97 Å². The van der Waals surface area contributed by atoms with Crippen molar-refractivity contribution >= 4 is 45.5 Å². The molecule has 158 valence electrons. The zero-order valence-electron chi connectivity index (χ0n) is 17.2. The fourth-order valence-corrected chi connectivity index (χ4v) is 4.19. The molecule has 0 saturated carbocycles. The predicted octanol–water partition coefficient (Wildman–Crippen LogP) is 4.77. The van der Waals surface area contributed by atoms with Crippen molar-refractivity contribution in [2.24, 2.45) is 4.99 Å².